The maximum Gasteiger partial charge on any atom is 0.416 e. The van der Waals surface area contributed by atoms with Crippen LogP contribution in [0.5, 0.6) is 0 Å². The second-order valence-electron chi connectivity index (χ2n) is 4.33. The number of anilines is 1. The van der Waals surface area contributed by atoms with Crippen molar-refractivity contribution in [1.82, 2.24) is 5.43 Å². The van der Waals surface area contributed by atoms with Gasteiger partial charge in [-0.2, -0.15) is 13.2 Å². The van der Waals surface area contributed by atoms with Crippen molar-refractivity contribution in [2.45, 2.75) is 12.6 Å². The number of esters is 2. The highest BCUT2D eigenvalue weighted by molar-refractivity contribution is 6.33. The zero-order chi connectivity index (χ0) is 18.3. The number of halogens is 4. The van der Waals surface area contributed by atoms with Gasteiger partial charge >= 0.3 is 18.1 Å². The van der Waals surface area contributed by atoms with E-state index in [1.54, 1.807) is 0 Å². The molecule has 0 amide bonds. The topological polar surface area (TPSA) is 76.7 Å². The molecule has 0 spiro atoms. The fraction of sp³-hybridized carbons (Fsp3) is 0.286. The standard InChI is InChI=1S/C14H14ClF3N2O4/c1-23-12(21)6-5-10(13(22)24-2)19-20-11-7-8(14(16,17)18)3-4-9(11)15/h3-5,7,19-20H,6H2,1-2H3/b10-5-. The monoisotopic (exact) mass is 366 g/mol. The van der Waals surface area contributed by atoms with Gasteiger partial charge in [-0.15, -0.1) is 0 Å². The second kappa shape index (κ2) is 8.44. The Labute approximate surface area is 140 Å². The lowest BCUT2D eigenvalue weighted by atomic mass is 10.2. The highest BCUT2D eigenvalue weighted by Crippen LogP contribution is 2.33. The fourth-order valence-electron chi connectivity index (χ4n) is 1.50. The third-order valence-corrected chi connectivity index (χ3v) is 3.06. The van der Waals surface area contributed by atoms with Gasteiger partial charge in [-0.05, 0) is 24.3 Å². The normalized spacial score (nSPS) is 11.7. The zero-order valence-electron chi connectivity index (χ0n) is 12.7. The smallest absolute Gasteiger partial charge is 0.416 e. The molecule has 24 heavy (non-hydrogen) atoms. The summed E-state index contributed by atoms with van der Waals surface area (Å²) < 4.78 is 47.0. The largest absolute Gasteiger partial charge is 0.469 e. The number of benzene rings is 1. The van der Waals surface area contributed by atoms with Gasteiger partial charge in [0.1, 0.15) is 5.70 Å². The van der Waals surface area contributed by atoms with Crippen LogP contribution in [0.2, 0.25) is 5.02 Å². The quantitative estimate of drug-likeness (QED) is 0.458. The van der Waals surface area contributed by atoms with E-state index in [2.05, 4.69) is 20.3 Å². The lowest BCUT2D eigenvalue weighted by Crippen LogP contribution is -2.27. The maximum atomic E-state index is 12.7. The summed E-state index contributed by atoms with van der Waals surface area (Å²) in [6.07, 6.45) is -3.63. The number of hydrogen-bond donors (Lipinski definition) is 2. The average molecular weight is 367 g/mol. The van der Waals surface area contributed by atoms with Crippen LogP contribution in [0.1, 0.15) is 12.0 Å². The summed E-state index contributed by atoms with van der Waals surface area (Å²) in [5, 5.41) is -0.00677. The number of rotatable bonds is 6. The molecule has 0 radical (unpaired) electrons. The van der Waals surface area contributed by atoms with E-state index in [-0.39, 0.29) is 22.8 Å². The predicted octanol–water partition coefficient (Wildman–Crippen LogP) is 2.90. The maximum absolute atomic E-state index is 12.7. The molecule has 132 valence electrons. The molecule has 1 rings (SSSR count). The third kappa shape index (κ3) is 5.65. The first kappa shape index (κ1) is 19.6. The van der Waals surface area contributed by atoms with Crippen LogP contribution in [0, 0.1) is 0 Å². The van der Waals surface area contributed by atoms with Crippen molar-refractivity contribution in [3.63, 3.8) is 0 Å². The summed E-state index contributed by atoms with van der Waals surface area (Å²) in [6, 6.07) is 2.65. The Balaban J connectivity index is 2.94. The van der Waals surface area contributed by atoms with Crippen molar-refractivity contribution in [2.24, 2.45) is 0 Å². The molecule has 0 aliphatic carbocycles. The Kier molecular flexibility index (Phi) is 6.90. The van der Waals surface area contributed by atoms with Crippen molar-refractivity contribution >= 4 is 29.2 Å². The van der Waals surface area contributed by atoms with Gasteiger partial charge in [0.2, 0.25) is 0 Å². The third-order valence-electron chi connectivity index (χ3n) is 2.73. The Bertz CT molecular complexity index is 647. The molecule has 0 saturated carbocycles. The van der Waals surface area contributed by atoms with E-state index in [0.717, 1.165) is 31.4 Å². The summed E-state index contributed by atoms with van der Waals surface area (Å²) in [5.41, 5.74) is 3.51. The first-order valence-electron chi connectivity index (χ1n) is 6.43. The van der Waals surface area contributed by atoms with Crippen molar-refractivity contribution in [2.75, 3.05) is 19.6 Å². The molecule has 0 bridgehead atoms. The molecule has 0 unspecified atom stereocenters. The number of hydrazine groups is 1. The molecule has 0 heterocycles. The molecule has 0 fully saturated rings. The van der Waals surface area contributed by atoms with Gasteiger partial charge in [0.25, 0.3) is 0 Å². The molecule has 0 atom stereocenters. The van der Waals surface area contributed by atoms with Crippen molar-refractivity contribution in [1.29, 1.82) is 0 Å². The number of hydrogen-bond acceptors (Lipinski definition) is 6. The molecule has 6 nitrogen and oxygen atoms in total. The van der Waals surface area contributed by atoms with Gasteiger partial charge in [0.15, 0.2) is 0 Å². The van der Waals surface area contributed by atoms with Gasteiger partial charge in [-0.3, -0.25) is 15.6 Å². The zero-order valence-corrected chi connectivity index (χ0v) is 13.4. The van der Waals surface area contributed by atoms with E-state index < -0.39 is 23.7 Å². The Hall–Kier alpha value is -2.42. The lowest BCUT2D eigenvalue weighted by Gasteiger charge is -2.15. The summed E-state index contributed by atoms with van der Waals surface area (Å²) in [5.74, 6) is -1.45. The molecular weight excluding hydrogens is 353 g/mol. The Morgan fingerprint density at radius 3 is 2.46 bits per heavy atom. The summed E-state index contributed by atoms with van der Waals surface area (Å²) >= 11 is 5.81. The molecule has 2 N–H and O–H groups in total. The molecule has 1 aromatic carbocycles. The van der Waals surface area contributed by atoms with Crippen LogP contribution in [0.4, 0.5) is 18.9 Å². The molecular formula is C14H14ClF3N2O4. The van der Waals surface area contributed by atoms with Gasteiger partial charge in [0.05, 0.1) is 36.9 Å². The highest BCUT2D eigenvalue weighted by atomic mass is 35.5. The number of ether oxygens (including phenoxy) is 2. The van der Waals surface area contributed by atoms with Gasteiger partial charge in [0, 0.05) is 0 Å². The van der Waals surface area contributed by atoms with Crippen LogP contribution in [-0.4, -0.2) is 26.2 Å². The molecule has 1 aromatic rings. The fourth-order valence-corrected chi connectivity index (χ4v) is 1.66. The predicted molar refractivity (Wildman–Crippen MR) is 79.9 cm³/mol. The minimum atomic E-state index is -4.55. The van der Waals surface area contributed by atoms with Crippen LogP contribution in [0.15, 0.2) is 30.0 Å². The van der Waals surface area contributed by atoms with Crippen LogP contribution < -0.4 is 10.9 Å². The number of methoxy groups -OCH3 is 2. The lowest BCUT2D eigenvalue weighted by molar-refractivity contribution is -0.139. The van der Waals surface area contributed by atoms with E-state index in [0.29, 0.717) is 0 Å². The van der Waals surface area contributed by atoms with Crippen molar-refractivity contribution in [3.05, 3.63) is 40.6 Å². The minimum absolute atomic E-state index is 0.00677. The van der Waals surface area contributed by atoms with Gasteiger partial charge in [-0.1, -0.05) is 11.6 Å². The SMILES string of the molecule is COC(=O)C/C=C(\NNc1cc(C(F)(F)F)ccc1Cl)C(=O)OC. The molecule has 0 aliphatic heterocycles. The van der Waals surface area contributed by atoms with Crippen LogP contribution >= 0.6 is 11.6 Å². The summed E-state index contributed by atoms with van der Waals surface area (Å²) in [4.78, 5) is 22.7. The van der Waals surface area contributed by atoms with Crippen LogP contribution in [-0.2, 0) is 25.2 Å². The van der Waals surface area contributed by atoms with E-state index in [9.17, 15) is 22.8 Å². The van der Waals surface area contributed by atoms with Crippen LogP contribution in [0.3, 0.4) is 0 Å². The van der Waals surface area contributed by atoms with Crippen molar-refractivity contribution in [3.8, 4) is 0 Å². The summed E-state index contributed by atoms with van der Waals surface area (Å²) in [7, 11) is 2.27. The molecule has 10 heteroatoms. The number of carbonyl (C=O) groups is 2. The number of nitrogens with one attached hydrogen (secondary N) is 2. The van der Waals surface area contributed by atoms with E-state index in [1.165, 1.54) is 7.11 Å². The van der Waals surface area contributed by atoms with E-state index in [1.807, 2.05) is 0 Å². The first-order chi connectivity index (χ1) is 11.2. The second-order valence-corrected chi connectivity index (χ2v) is 4.74. The molecule has 0 aromatic heterocycles. The Morgan fingerprint density at radius 2 is 1.92 bits per heavy atom. The minimum Gasteiger partial charge on any atom is -0.469 e. The summed E-state index contributed by atoms with van der Waals surface area (Å²) in [6.45, 7) is 0. The van der Waals surface area contributed by atoms with Gasteiger partial charge in [-0.25, -0.2) is 4.79 Å². The number of carbonyl (C=O) groups excluding carboxylic acids is 2. The van der Waals surface area contributed by atoms with Crippen LogP contribution in [0.25, 0.3) is 0 Å². The van der Waals surface area contributed by atoms with Gasteiger partial charge < -0.3 is 9.47 Å². The Morgan fingerprint density at radius 1 is 1.25 bits per heavy atom. The number of alkyl halides is 3. The van der Waals surface area contributed by atoms with E-state index >= 15 is 0 Å². The van der Waals surface area contributed by atoms with Crippen molar-refractivity contribution < 1.29 is 32.2 Å². The molecule has 0 aliphatic rings. The highest BCUT2D eigenvalue weighted by Gasteiger charge is 2.31. The first-order valence-corrected chi connectivity index (χ1v) is 6.81. The average Bonchev–Trinajstić information content (AvgIpc) is 2.54. The van der Waals surface area contributed by atoms with E-state index in [4.69, 9.17) is 11.6 Å². The molecule has 0 saturated heterocycles.